The van der Waals surface area contributed by atoms with E-state index in [1.165, 1.54) is 11.9 Å². The Kier molecular flexibility index (Phi) is 6.06. The summed E-state index contributed by atoms with van der Waals surface area (Å²) >= 11 is 6.23. The summed E-state index contributed by atoms with van der Waals surface area (Å²) in [7, 11) is 3.10. The van der Waals surface area contributed by atoms with Crippen LogP contribution < -0.4 is 25.8 Å². The van der Waals surface area contributed by atoms with E-state index in [0.29, 0.717) is 39.5 Å². The molecule has 0 aliphatic rings. The fourth-order valence-electron chi connectivity index (χ4n) is 2.64. The third-order valence-electron chi connectivity index (χ3n) is 4.24. The number of nitrogen functional groups attached to an aromatic ring is 1. The number of nitrogens with zero attached hydrogens (tertiary/aromatic N) is 2. The quantitative estimate of drug-likeness (QED) is 0.526. The highest BCUT2D eigenvalue weighted by atomic mass is 35.5. The molecule has 0 bridgehead atoms. The molecule has 4 N–H and O–H groups in total. The number of halogens is 1. The van der Waals surface area contributed by atoms with E-state index in [1.807, 2.05) is 12.1 Å². The lowest BCUT2D eigenvalue weighted by Crippen LogP contribution is -2.06. The molecular formula is C20H22ClN5O2. The molecule has 0 amide bonds. The second-order valence-corrected chi connectivity index (χ2v) is 6.38. The second-order valence-electron chi connectivity index (χ2n) is 5.97. The van der Waals surface area contributed by atoms with E-state index in [0.717, 1.165) is 12.1 Å². The molecule has 1 aromatic heterocycles. The molecule has 0 aliphatic carbocycles. The van der Waals surface area contributed by atoms with Gasteiger partial charge < -0.3 is 25.8 Å². The van der Waals surface area contributed by atoms with E-state index in [2.05, 4.69) is 39.7 Å². The van der Waals surface area contributed by atoms with Crippen LogP contribution in [0.25, 0.3) is 0 Å². The van der Waals surface area contributed by atoms with Gasteiger partial charge in [0.15, 0.2) is 11.6 Å². The molecule has 0 atom stereocenters. The van der Waals surface area contributed by atoms with Gasteiger partial charge in [0.25, 0.3) is 0 Å². The van der Waals surface area contributed by atoms with Crippen molar-refractivity contribution in [1.82, 2.24) is 9.97 Å². The molecule has 146 valence electrons. The lowest BCUT2D eigenvalue weighted by Gasteiger charge is -2.16. The van der Waals surface area contributed by atoms with Crippen LogP contribution in [0, 0.1) is 0 Å². The van der Waals surface area contributed by atoms with Crippen molar-refractivity contribution in [2.75, 3.05) is 30.6 Å². The highest BCUT2D eigenvalue weighted by molar-refractivity contribution is 6.32. The predicted molar refractivity (Wildman–Crippen MR) is 113 cm³/mol. The van der Waals surface area contributed by atoms with Crippen LogP contribution in [0.4, 0.5) is 28.7 Å². The third kappa shape index (κ3) is 4.20. The molecule has 0 spiro atoms. The van der Waals surface area contributed by atoms with Crippen LogP contribution in [0.3, 0.4) is 0 Å². The van der Waals surface area contributed by atoms with E-state index >= 15 is 0 Å². The van der Waals surface area contributed by atoms with Crippen molar-refractivity contribution in [3.63, 3.8) is 0 Å². The van der Waals surface area contributed by atoms with Crippen LogP contribution in [0.2, 0.25) is 5.02 Å². The molecular weight excluding hydrogens is 378 g/mol. The lowest BCUT2D eigenvalue weighted by molar-refractivity contribution is 0.396. The topological polar surface area (TPSA) is 94.3 Å². The zero-order valence-electron chi connectivity index (χ0n) is 15.9. The van der Waals surface area contributed by atoms with Crippen LogP contribution in [-0.2, 0) is 6.42 Å². The molecule has 0 radical (unpaired) electrons. The van der Waals surface area contributed by atoms with E-state index < -0.39 is 0 Å². The maximum Gasteiger partial charge on any atom is 0.159 e. The molecule has 8 heteroatoms. The Morgan fingerprint density at radius 3 is 2.21 bits per heavy atom. The van der Waals surface area contributed by atoms with Crippen LogP contribution in [-0.4, -0.2) is 24.2 Å². The lowest BCUT2D eigenvalue weighted by atomic mass is 10.1. The van der Waals surface area contributed by atoms with Gasteiger partial charge in [-0.3, -0.25) is 0 Å². The van der Waals surface area contributed by atoms with Gasteiger partial charge >= 0.3 is 0 Å². The zero-order valence-corrected chi connectivity index (χ0v) is 16.7. The summed E-state index contributed by atoms with van der Waals surface area (Å²) in [5.74, 6) is 1.99. The highest BCUT2D eigenvalue weighted by Gasteiger charge is 2.14. The molecule has 2 aromatic carbocycles. The molecule has 0 fully saturated rings. The fraction of sp³-hybridized carbons (Fsp3) is 0.200. The molecule has 3 aromatic rings. The van der Waals surface area contributed by atoms with Gasteiger partial charge in [-0.05, 0) is 30.2 Å². The summed E-state index contributed by atoms with van der Waals surface area (Å²) < 4.78 is 10.6. The number of aryl methyl sites for hydroxylation is 1. The second kappa shape index (κ2) is 8.67. The summed E-state index contributed by atoms with van der Waals surface area (Å²) in [4.78, 5) is 8.48. The average molecular weight is 400 g/mol. The SMILES string of the molecule is CCc1ccc(Nc2ncnc(Nc3cc(Cl)c(OC)cc3OC)c2N)cc1. The molecule has 1 heterocycles. The number of nitrogens with one attached hydrogen (secondary N) is 2. The average Bonchev–Trinajstić information content (AvgIpc) is 2.71. The zero-order chi connectivity index (χ0) is 20.1. The number of methoxy groups -OCH3 is 2. The number of aromatic nitrogens is 2. The standard InChI is InChI=1S/C20H22ClN5O2/c1-4-12-5-7-13(8-6-12)25-19-18(22)20(24-11-23-19)26-15-9-14(21)16(27-2)10-17(15)28-3/h5-11H,4,22H2,1-3H3,(H2,23,24,25,26). The number of rotatable bonds is 7. The van der Waals surface area contributed by atoms with Crippen molar-refractivity contribution in [1.29, 1.82) is 0 Å². The minimum atomic E-state index is 0.371. The number of benzene rings is 2. The van der Waals surface area contributed by atoms with Gasteiger partial charge in [0.05, 0.1) is 24.9 Å². The molecule has 0 aliphatic heterocycles. The molecule has 3 rings (SSSR count). The van der Waals surface area contributed by atoms with Gasteiger partial charge in [-0.2, -0.15) is 0 Å². The molecule has 0 saturated carbocycles. The Labute approximate surface area is 168 Å². The predicted octanol–water partition coefficient (Wildman–Crippen LogP) is 4.78. The maximum atomic E-state index is 6.27. The smallest absolute Gasteiger partial charge is 0.159 e. The van der Waals surface area contributed by atoms with E-state index in [9.17, 15) is 0 Å². The van der Waals surface area contributed by atoms with Gasteiger partial charge in [-0.15, -0.1) is 0 Å². The minimum Gasteiger partial charge on any atom is -0.495 e. The fourth-order valence-corrected chi connectivity index (χ4v) is 2.88. The van der Waals surface area contributed by atoms with Crippen LogP contribution in [0.15, 0.2) is 42.7 Å². The monoisotopic (exact) mass is 399 g/mol. The summed E-state index contributed by atoms with van der Waals surface area (Å²) in [6.07, 6.45) is 2.41. The first-order valence-corrected chi connectivity index (χ1v) is 9.08. The van der Waals surface area contributed by atoms with Crippen LogP contribution in [0.5, 0.6) is 11.5 Å². The summed E-state index contributed by atoms with van der Waals surface area (Å²) in [6, 6.07) is 11.5. The van der Waals surface area contributed by atoms with Gasteiger partial charge in [0.2, 0.25) is 0 Å². The number of hydrogen-bond donors (Lipinski definition) is 3. The number of ether oxygens (including phenoxy) is 2. The van der Waals surface area contributed by atoms with Gasteiger partial charge in [0.1, 0.15) is 23.5 Å². The Bertz CT molecular complexity index is 964. The number of nitrogens with two attached hydrogens (primary N) is 1. The Balaban J connectivity index is 1.88. The van der Waals surface area contributed by atoms with Crippen LogP contribution >= 0.6 is 11.6 Å². The number of hydrogen-bond acceptors (Lipinski definition) is 7. The van der Waals surface area contributed by atoms with Gasteiger partial charge in [-0.1, -0.05) is 30.7 Å². The highest BCUT2D eigenvalue weighted by Crippen LogP contribution is 2.38. The third-order valence-corrected chi connectivity index (χ3v) is 4.53. The van der Waals surface area contributed by atoms with Crippen molar-refractivity contribution < 1.29 is 9.47 Å². The van der Waals surface area contributed by atoms with E-state index in [1.54, 1.807) is 26.4 Å². The largest absolute Gasteiger partial charge is 0.495 e. The first-order chi connectivity index (χ1) is 13.5. The summed E-state index contributed by atoms with van der Waals surface area (Å²) in [6.45, 7) is 2.11. The Hall–Kier alpha value is -3.19. The van der Waals surface area contributed by atoms with Crippen molar-refractivity contribution in [2.45, 2.75) is 13.3 Å². The van der Waals surface area contributed by atoms with Crippen molar-refractivity contribution >= 4 is 40.3 Å². The van der Waals surface area contributed by atoms with Crippen LogP contribution in [0.1, 0.15) is 12.5 Å². The maximum absolute atomic E-state index is 6.27. The van der Waals surface area contributed by atoms with Crippen molar-refractivity contribution in [2.24, 2.45) is 0 Å². The summed E-state index contributed by atoms with van der Waals surface area (Å²) in [5, 5.41) is 6.80. The van der Waals surface area contributed by atoms with Gasteiger partial charge in [0, 0.05) is 11.8 Å². The first-order valence-electron chi connectivity index (χ1n) is 8.70. The molecule has 0 unspecified atom stereocenters. The first kappa shape index (κ1) is 19.6. The number of anilines is 5. The van der Waals surface area contributed by atoms with E-state index in [-0.39, 0.29) is 0 Å². The minimum absolute atomic E-state index is 0.371. The Morgan fingerprint density at radius 2 is 1.61 bits per heavy atom. The van der Waals surface area contributed by atoms with Gasteiger partial charge in [-0.25, -0.2) is 9.97 Å². The molecule has 7 nitrogen and oxygen atoms in total. The molecule has 0 saturated heterocycles. The van der Waals surface area contributed by atoms with E-state index in [4.69, 9.17) is 26.8 Å². The van der Waals surface area contributed by atoms with Crippen molar-refractivity contribution in [3.05, 3.63) is 53.3 Å². The summed E-state index contributed by atoms with van der Waals surface area (Å²) in [5.41, 5.74) is 9.40. The van der Waals surface area contributed by atoms with Crippen molar-refractivity contribution in [3.8, 4) is 11.5 Å². The molecule has 28 heavy (non-hydrogen) atoms. The normalized spacial score (nSPS) is 10.4. The Morgan fingerprint density at radius 1 is 0.964 bits per heavy atom.